The van der Waals surface area contributed by atoms with E-state index in [1.54, 1.807) is 0 Å². The SMILES string of the molecule is CCN(C)C.OCCS. The second-order valence-electron chi connectivity index (χ2n) is 1.84. The van der Waals surface area contributed by atoms with Gasteiger partial charge in [-0.25, -0.2) is 0 Å². The zero-order chi connectivity index (χ0) is 7.70. The second kappa shape index (κ2) is 11.1. The summed E-state index contributed by atoms with van der Waals surface area (Å²) >= 11 is 3.67. The van der Waals surface area contributed by atoms with Crippen LogP contribution in [0.25, 0.3) is 0 Å². The first-order chi connectivity index (χ1) is 4.18. The van der Waals surface area contributed by atoms with Crippen molar-refractivity contribution in [2.75, 3.05) is 33.0 Å². The topological polar surface area (TPSA) is 23.5 Å². The van der Waals surface area contributed by atoms with Crippen LogP contribution >= 0.6 is 12.6 Å². The van der Waals surface area contributed by atoms with Crippen LogP contribution in [0, 0.1) is 0 Å². The van der Waals surface area contributed by atoms with Crippen LogP contribution in [0.2, 0.25) is 0 Å². The van der Waals surface area contributed by atoms with E-state index in [-0.39, 0.29) is 6.61 Å². The van der Waals surface area contributed by atoms with Crippen molar-refractivity contribution in [2.24, 2.45) is 0 Å². The van der Waals surface area contributed by atoms with Crippen LogP contribution in [0.5, 0.6) is 0 Å². The first-order valence-corrected chi connectivity index (χ1v) is 3.68. The van der Waals surface area contributed by atoms with Gasteiger partial charge in [-0.2, -0.15) is 12.6 Å². The van der Waals surface area contributed by atoms with E-state index >= 15 is 0 Å². The lowest BCUT2D eigenvalue weighted by atomic mass is 10.7. The lowest BCUT2D eigenvalue weighted by Gasteiger charge is -2.00. The quantitative estimate of drug-likeness (QED) is 0.561. The van der Waals surface area contributed by atoms with Crippen LogP contribution in [0.4, 0.5) is 0 Å². The fourth-order valence-electron chi connectivity index (χ4n) is 0. The number of hydrogen-bond donors (Lipinski definition) is 2. The summed E-state index contributed by atoms with van der Waals surface area (Å²) in [4.78, 5) is 2.12. The second-order valence-corrected chi connectivity index (χ2v) is 2.29. The summed E-state index contributed by atoms with van der Waals surface area (Å²) in [6.07, 6.45) is 0. The Morgan fingerprint density at radius 1 is 1.44 bits per heavy atom. The molecule has 0 saturated carbocycles. The Bertz CT molecular complexity index is 40.0. The molecule has 0 heterocycles. The number of aliphatic hydroxyl groups is 1. The highest BCUT2D eigenvalue weighted by molar-refractivity contribution is 7.80. The van der Waals surface area contributed by atoms with Crippen molar-refractivity contribution in [3.05, 3.63) is 0 Å². The molecule has 0 amide bonds. The van der Waals surface area contributed by atoms with E-state index in [4.69, 9.17) is 5.11 Å². The maximum absolute atomic E-state index is 7.80. The number of thiol groups is 1. The summed E-state index contributed by atoms with van der Waals surface area (Å²) in [6, 6.07) is 0. The van der Waals surface area contributed by atoms with E-state index in [0.717, 1.165) is 6.54 Å². The third-order valence-electron chi connectivity index (χ3n) is 0.732. The third kappa shape index (κ3) is 30.4. The molecule has 0 bridgehead atoms. The molecule has 0 aromatic rings. The zero-order valence-electron chi connectivity index (χ0n) is 6.46. The molecule has 0 rings (SSSR count). The normalized spacial score (nSPS) is 8.67. The molecule has 0 saturated heterocycles. The standard InChI is InChI=1S/C4H11N.C2H6OS/c1-4-5(2)3;3-1-2-4/h4H2,1-3H3;3-4H,1-2H2. The Morgan fingerprint density at radius 3 is 1.67 bits per heavy atom. The van der Waals surface area contributed by atoms with Gasteiger partial charge in [0.25, 0.3) is 0 Å². The Hall–Kier alpha value is 0.270. The largest absolute Gasteiger partial charge is 0.396 e. The van der Waals surface area contributed by atoms with E-state index < -0.39 is 0 Å². The molecular formula is C6H17NOS. The average Bonchev–Trinajstić information content (AvgIpc) is 1.89. The molecule has 1 N–H and O–H groups in total. The Labute approximate surface area is 63.3 Å². The average molecular weight is 151 g/mol. The molecule has 0 fully saturated rings. The molecule has 0 unspecified atom stereocenters. The summed E-state index contributed by atoms with van der Waals surface area (Å²) in [5, 5.41) is 7.80. The fraction of sp³-hybridized carbons (Fsp3) is 1.00. The molecule has 0 aliphatic heterocycles. The van der Waals surface area contributed by atoms with Crippen LogP contribution in [0.1, 0.15) is 6.92 Å². The fourth-order valence-corrected chi connectivity index (χ4v) is 0. The van der Waals surface area contributed by atoms with E-state index in [1.165, 1.54) is 0 Å². The van der Waals surface area contributed by atoms with Crippen LogP contribution < -0.4 is 0 Å². The van der Waals surface area contributed by atoms with Gasteiger partial charge in [0, 0.05) is 5.75 Å². The highest BCUT2D eigenvalue weighted by Gasteiger charge is 1.72. The van der Waals surface area contributed by atoms with Crippen molar-refractivity contribution < 1.29 is 5.11 Å². The lowest BCUT2D eigenvalue weighted by molar-refractivity contribution is 0.323. The van der Waals surface area contributed by atoms with E-state index in [2.05, 4.69) is 38.5 Å². The van der Waals surface area contributed by atoms with Crippen molar-refractivity contribution in [2.45, 2.75) is 6.92 Å². The summed E-state index contributed by atoms with van der Waals surface area (Å²) < 4.78 is 0. The molecular weight excluding hydrogens is 134 g/mol. The van der Waals surface area contributed by atoms with Crippen LogP contribution in [0.15, 0.2) is 0 Å². The van der Waals surface area contributed by atoms with Crippen LogP contribution in [-0.4, -0.2) is 43.0 Å². The minimum atomic E-state index is 0.184. The minimum absolute atomic E-state index is 0.184. The summed E-state index contributed by atoms with van der Waals surface area (Å²) in [5.41, 5.74) is 0. The number of nitrogens with zero attached hydrogens (tertiary/aromatic N) is 1. The molecule has 9 heavy (non-hydrogen) atoms. The maximum Gasteiger partial charge on any atom is 0.0519 e. The van der Waals surface area contributed by atoms with Crippen molar-refractivity contribution in [3.63, 3.8) is 0 Å². The van der Waals surface area contributed by atoms with Gasteiger partial charge in [-0.15, -0.1) is 0 Å². The first-order valence-electron chi connectivity index (χ1n) is 3.05. The predicted octanol–water partition coefficient (Wildman–Crippen LogP) is 0.476. The highest BCUT2D eigenvalue weighted by Crippen LogP contribution is 1.63. The highest BCUT2D eigenvalue weighted by atomic mass is 32.1. The van der Waals surface area contributed by atoms with Crippen molar-refractivity contribution in [3.8, 4) is 0 Å². The predicted molar refractivity (Wildman–Crippen MR) is 45.2 cm³/mol. The molecule has 0 atom stereocenters. The first kappa shape index (κ1) is 12.0. The molecule has 0 radical (unpaired) electrons. The van der Waals surface area contributed by atoms with Gasteiger partial charge in [-0.1, -0.05) is 6.92 Å². The van der Waals surface area contributed by atoms with Gasteiger partial charge in [0.05, 0.1) is 6.61 Å². The molecule has 0 aromatic heterocycles. The molecule has 2 nitrogen and oxygen atoms in total. The van der Waals surface area contributed by atoms with Crippen LogP contribution in [0.3, 0.4) is 0 Å². The maximum atomic E-state index is 7.80. The van der Waals surface area contributed by atoms with Crippen molar-refractivity contribution >= 4 is 12.6 Å². The Morgan fingerprint density at radius 2 is 1.67 bits per heavy atom. The van der Waals surface area contributed by atoms with Gasteiger partial charge in [-0.05, 0) is 20.6 Å². The van der Waals surface area contributed by atoms with Crippen molar-refractivity contribution in [1.29, 1.82) is 0 Å². The number of hydrogen-bond acceptors (Lipinski definition) is 3. The Kier molecular flexibility index (Phi) is 14.8. The minimum Gasteiger partial charge on any atom is -0.396 e. The van der Waals surface area contributed by atoms with Gasteiger partial charge in [0.1, 0.15) is 0 Å². The van der Waals surface area contributed by atoms with Gasteiger partial charge < -0.3 is 10.0 Å². The summed E-state index contributed by atoms with van der Waals surface area (Å²) in [5.74, 6) is 0.569. The van der Waals surface area contributed by atoms with Crippen LogP contribution in [-0.2, 0) is 0 Å². The van der Waals surface area contributed by atoms with Gasteiger partial charge in [0.15, 0.2) is 0 Å². The Balaban J connectivity index is 0. The van der Waals surface area contributed by atoms with Gasteiger partial charge in [-0.3, -0.25) is 0 Å². The van der Waals surface area contributed by atoms with E-state index in [9.17, 15) is 0 Å². The number of rotatable bonds is 2. The van der Waals surface area contributed by atoms with Gasteiger partial charge >= 0.3 is 0 Å². The monoisotopic (exact) mass is 151 g/mol. The lowest BCUT2D eigenvalue weighted by Crippen LogP contribution is -2.08. The smallest absolute Gasteiger partial charge is 0.0519 e. The van der Waals surface area contributed by atoms with Gasteiger partial charge in [0.2, 0.25) is 0 Å². The molecule has 0 aliphatic carbocycles. The molecule has 0 aliphatic rings. The molecule has 0 spiro atoms. The number of aliphatic hydroxyl groups excluding tert-OH is 1. The molecule has 3 heteroatoms. The summed E-state index contributed by atoms with van der Waals surface area (Å²) in [6.45, 7) is 3.45. The van der Waals surface area contributed by atoms with Crippen molar-refractivity contribution in [1.82, 2.24) is 4.90 Å². The third-order valence-corrected chi connectivity index (χ3v) is 0.932. The molecule has 58 valence electrons. The van der Waals surface area contributed by atoms with E-state index in [0.29, 0.717) is 5.75 Å². The summed E-state index contributed by atoms with van der Waals surface area (Å²) in [7, 11) is 4.11. The molecule has 0 aromatic carbocycles. The zero-order valence-corrected chi connectivity index (χ0v) is 7.36. The van der Waals surface area contributed by atoms with E-state index in [1.807, 2.05) is 0 Å².